The highest BCUT2D eigenvalue weighted by Crippen LogP contribution is 2.54. The largest absolute Gasteiger partial charge is 0.396 e. The SMILES string of the molecule is OCC1(C2(O)CCCCC2)CCC1. The summed E-state index contributed by atoms with van der Waals surface area (Å²) in [5.41, 5.74) is -0.647. The Morgan fingerprint density at radius 3 is 1.85 bits per heavy atom. The lowest BCUT2D eigenvalue weighted by molar-refractivity contribution is -0.167. The zero-order valence-corrected chi connectivity index (χ0v) is 8.26. The molecule has 0 radical (unpaired) electrons. The van der Waals surface area contributed by atoms with E-state index in [9.17, 15) is 10.2 Å². The number of aliphatic hydroxyl groups excluding tert-OH is 1. The van der Waals surface area contributed by atoms with E-state index in [1.165, 1.54) is 12.8 Å². The number of aliphatic hydroxyl groups is 2. The first-order chi connectivity index (χ1) is 6.22. The second kappa shape index (κ2) is 3.25. The predicted octanol–water partition coefficient (Wildman–Crippen LogP) is 1.84. The maximum atomic E-state index is 10.5. The molecule has 13 heavy (non-hydrogen) atoms. The van der Waals surface area contributed by atoms with Gasteiger partial charge in [-0.15, -0.1) is 0 Å². The van der Waals surface area contributed by atoms with Crippen LogP contribution in [0.4, 0.5) is 0 Å². The van der Waals surface area contributed by atoms with E-state index >= 15 is 0 Å². The summed E-state index contributed by atoms with van der Waals surface area (Å²) < 4.78 is 0. The van der Waals surface area contributed by atoms with Gasteiger partial charge in [-0.25, -0.2) is 0 Å². The first-order valence-corrected chi connectivity index (χ1v) is 5.56. The van der Waals surface area contributed by atoms with Gasteiger partial charge in [0.25, 0.3) is 0 Å². The van der Waals surface area contributed by atoms with E-state index in [1.54, 1.807) is 0 Å². The van der Waals surface area contributed by atoms with Crippen LogP contribution in [0.15, 0.2) is 0 Å². The smallest absolute Gasteiger partial charge is 0.0725 e. The van der Waals surface area contributed by atoms with E-state index in [1.807, 2.05) is 0 Å². The summed E-state index contributed by atoms with van der Waals surface area (Å²) in [6.45, 7) is 0.184. The van der Waals surface area contributed by atoms with Crippen LogP contribution >= 0.6 is 0 Å². The minimum Gasteiger partial charge on any atom is -0.396 e. The Labute approximate surface area is 80.0 Å². The summed E-state index contributed by atoms with van der Waals surface area (Å²) in [4.78, 5) is 0. The average molecular weight is 184 g/mol. The quantitative estimate of drug-likeness (QED) is 0.687. The van der Waals surface area contributed by atoms with Crippen molar-refractivity contribution < 1.29 is 10.2 Å². The molecule has 2 N–H and O–H groups in total. The van der Waals surface area contributed by atoms with Gasteiger partial charge < -0.3 is 10.2 Å². The van der Waals surface area contributed by atoms with Gasteiger partial charge >= 0.3 is 0 Å². The number of hydrogen-bond acceptors (Lipinski definition) is 2. The first kappa shape index (κ1) is 9.47. The molecule has 2 aliphatic rings. The van der Waals surface area contributed by atoms with Crippen LogP contribution in [0.5, 0.6) is 0 Å². The van der Waals surface area contributed by atoms with Crippen molar-refractivity contribution in [3.8, 4) is 0 Å². The molecular formula is C11H20O2. The highest BCUT2D eigenvalue weighted by atomic mass is 16.3. The summed E-state index contributed by atoms with van der Waals surface area (Å²) >= 11 is 0. The molecule has 2 aliphatic carbocycles. The summed E-state index contributed by atoms with van der Waals surface area (Å²) in [7, 11) is 0. The van der Waals surface area contributed by atoms with Crippen molar-refractivity contribution >= 4 is 0 Å². The Hall–Kier alpha value is -0.0800. The second-order valence-electron chi connectivity index (χ2n) is 4.88. The molecule has 2 nitrogen and oxygen atoms in total. The standard InChI is InChI=1S/C11H20O2/c12-9-10(5-4-6-10)11(13)7-2-1-3-8-11/h12-13H,1-9H2. The van der Waals surface area contributed by atoms with Crippen LogP contribution in [0.2, 0.25) is 0 Å². The molecule has 76 valence electrons. The zero-order valence-electron chi connectivity index (χ0n) is 8.26. The third-order valence-corrected chi connectivity index (χ3v) is 4.28. The van der Waals surface area contributed by atoms with Crippen LogP contribution in [0.3, 0.4) is 0 Å². The Kier molecular flexibility index (Phi) is 2.37. The molecule has 0 aromatic carbocycles. The van der Waals surface area contributed by atoms with Gasteiger partial charge in [0.05, 0.1) is 12.2 Å². The number of rotatable bonds is 2. The summed E-state index contributed by atoms with van der Waals surface area (Å²) in [5, 5.41) is 19.9. The summed E-state index contributed by atoms with van der Waals surface area (Å²) in [6.07, 6.45) is 8.59. The minimum absolute atomic E-state index is 0.118. The van der Waals surface area contributed by atoms with Gasteiger partial charge in [-0.2, -0.15) is 0 Å². The zero-order chi connectivity index (χ0) is 9.36. The van der Waals surface area contributed by atoms with Gasteiger partial charge in [0.2, 0.25) is 0 Å². The Morgan fingerprint density at radius 1 is 0.846 bits per heavy atom. The summed E-state index contributed by atoms with van der Waals surface area (Å²) in [6, 6.07) is 0. The third-order valence-electron chi connectivity index (χ3n) is 4.28. The fourth-order valence-corrected chi connectivity index (χ4v) is 3.04. The molecule has 0 aliphatic heterocycles. The van der Waals surface area contributed by atoms with Crippen molar-refractivity contribution in [2.45, 2.75) is 57.0 Å². The van der Waals surface area contributed by atoms with Gasteiger partial charge in [-0.1, -0.05) is 25.7 Å². The van der Waals surface area contributed by atoms with E-state index in [0.717, 1.165) is 38.5 Å². The topological polar surface area (TPSA) is 40.5 Å². The average Bonchev–Trinajstić information content (AvgIpc) is 2.04. The summed E-state index contributed by atoms with van der Waals surface area (Å²) in [5.74, 6) is 0. The van der Waals surface area contributed by atoms with Crippen molar-refractivity contribution in [1.82, 2.24) is 0 Å². The van der Waals surface area contributed by atoms with Crippen molar-refractivity contribution in [3.05, 3.63) is 0 Å². The van der Waals surface area contributed by atoms with Gasteiger partial charge in [0.15, 0.2) is 0 Å². The molecule has 0 atom stereocenters. The highest BCUT2D eigenvalue weighted by molar-refractivity contribution is 5.04. The molecule has 0 spiro atoms. The van der Waals surface area contributed by atoms with Crippen LogP contribution in [0.1, 0.15) is 51.4 Å². The molecule has 0 bridgehead atoms. The monoisotopic (exact) mass is 184 g/mol. The molecule has 0 saturated heterocycles. The molecule has 2 saturated carbocycles. The lowest BCUT2D eigenvalue weighted by atomic mass is 9.55. The van der Waals surface area contributed by atoms with E-state index in [-0.39, 0.29) is 12.0 Å². The van der Waals surface area contributed by atoms with Crippen molar-refractivity contribution in [2.24, 2.45) is 5.41 Å². The number of hydrogen-bond donors (Lipinski definition) is 2. The Bertz CT molecular complexity index is 173. The van der Waals surface area contributed by atoms with Crippen molar-refractivity contribution in [3.63, 3.8) is 0 Å². The molecule has 0 aromatic heterocycles. The van der Waals surface area contributed by atoms with E-state index < -0.39 is 5.60 Å². The van der Waals surface area contributed by atoms with Crippen LogP contribution in [0.25, 0.3) is 0 Å². The van der Waals surface area contributed by atoms with Crippen LogP contribution in [0, 0.1) is 5.41 Å². The highest BCUT2D eigenvalue weighted by Gasteiger charge is 2.53. The van der Waals surface area contributed by atoms with Gasteiger partial charge in [0.1, 0.15) is 0 Å². The van der Waals surface area contributed by atoms with Crippen molar-refractivity contribution in [2.75, 3.05) is 6.61 Å². The fourth-order valence-electron chi connectivity index (χ4n) is 3.04. The predicted molar refractivity (Wildman–Crippen MR) is 51.4 cm³/mol. The fraction of sp³-hybridized carbons (Fsp3) is 1.00. The van der Waals surface area contributed by atoms with E-state index in [2.05, 4.69) is 0 Å². The van der Waals surface area contributed by atoms with Crippen LogP contribution in [-0.4, -0.2) is 22.4 Å². The van der Waals surface area contributed by atoms with Crippen LogP contribution in [-0.2, 0) is 0 Å². The minimum atomic E-state index is -0.530. The molecule has 0 heterocycles. The molecular weight excluding hydrogens is 164 g/mol. The third kappa shape index (κ3) is 1.31. The first-order valence-electron chi connectivity index (χ1n) is 5.56. The molecule has 2 fully saturated rings. The lowest BCUT2D eigenvalue weighted by Crippen LogP contribution is -2.55. The van der Waals surface area contributed by atoms with Gasteiger partial charge in [-0.3, -0.25) is 0 Å². The Morgan fingerprint density at radius 2 is 1.46 bits per heavy atom. The molecule has 0 unspecified atom stereocenters. The van der Waals surface area contributed by atoms with E-state index in [4.69, 9.17) is 0 Å². The molecule has 0 amide bonds. The van der Waals surface area contributed by atoms with Gasteiger partial charge in [0, 0.05) is 5.41 Å². The van der Waals surface area contributed by atoms with Crippen LogP contribution < -0.4 is 0 Å². The van der Waals surface area contributed by atoms with Gasteiger partial charge in [-0.05, 0) is 25.7 Å². The molecule has 0 aromatic rings. The van der Waals surface area contributed by atoms with Crippen molar-refractivity contribution in [1.29, 1.82) is 0 Å². The maximum absolute atomic E-state index is 10.5. The molecule has 2 rings (SSSR count). The lowest BCUT2D eigenvalue weighted by Gasteiger charge is -2.54. The maximum Gasteiger partial charge on any atom is 0.0725 e. The Balaban J connectivity index is 2.10. The van der Waals surface area contributed by atoms with E-state index in [0.29, 0.717) is 0 Å². The molecule has 2 heteroatoms. The second-order valence-corrected chi connectivity index (χ2v) is 4.88. The normalized spacial score (nSPS) is 30.9.